The largest absolute Gasteiger partial charge is 0.348 e. The second kappa shape index (κ2) is 6.01. The molecule has 0 saturated carbocycles. The molecule has 0 radical (unpaired) electrons. The zero-order chi connectivity index (χ0) is 11.2. The van der Waals surface area contributed by atoms with Crippen molar-refractivity contribution in [3.63, 3.8) is 0 Å². The Labute approximate surface area is 97.4 Å². The van der Waals surface area contributed by atoms with E-state index in [2.05, 4.69) is 27.1 Å². The first kappa shape index (κ1) is 11.6. The van der Waals surface area contributed by atoms with Gasteiger partial charge in [-0.05, 0) is 31.8 Å². The van der Waals surface area contributed by atoms with Gasteiger partial charge in [0, 0.05) is 25.5 Å². The van der Waals surface area contributed by atoms with Crippen molar-refractivity contribution in [3.8, 4) is 0 Å². The molecule has 1 aromatic heterocycles. The van der Waals surface area contributed by atoms with E-state index >= 15 is 0 Å². The van der Waals surface area contributed by atoms with E-state index in [4.69, 9.17) is 0 Å². The summed E-state index contributed by atoms with van der Waals surface area (Å²) in [6, 6.07) is 0. The molecule has 1 aliphatic heterocycles. The van der Waals surface area contributed by atoms with Crippen molar-refractivity contribution in [1.82, 2.24) is 20.2 Å². The number of H-pyrrole nitrogens is 1. The van der Waals surface area contributed by atoms with Crippen LogP contribution in [0.3, 0.4) is 0 Å². The van der Waals surface area contributed by atoms with Crippen LogP contribution in [0.1, 0.15) is 25.6 Å². The maximum atomic E-state index is 4.18. The summed E-state index contributed by atoms with van der Waals surface area (Å²) >= 11 is 0. The molecule has 2 rings (SSSR count). The molecule has 1 fully saturated rings. The van der Waals surface area contributed by atoms with Gasteiger partial charge in [0.2, 0.25) is 0 Å². The first-order chi connectivity index (χ1) is 7.84. The van der Waals surface area contributed by atoms with E-state index in [9.17, 15) is 0 Å². The fourth-order valence-corrected chi connectivity index (χ4v) is 2.12. The van der Waals surface area contributed by atoms with Gasteiger partial charge in [0.1, 0.15) is 5.82 Å². The maximum Gasteiger partial charge on any atom is 0.120 e. The molecule has 0 bridgehead atoms. The van der Waals surface area contributed by atoms with E-state index in [1.165, 1.54) is 25.9 Å². The Morgan fingerprint density at radius 2 is 2.31 bits per heavy atom. The van der Waals surface area contributed by atoms with Gasteiger partial charge >= 0.3 is 0 Å². The summed E-state index contributed by atoms with van der Waals surface area (Å²) < 4.78 is 0. The van der Waals surface area contributed by atoms with Gasteiger partial charge in [-0.15, -0.1) is 0 Å². The molecule has 4 nitrogen and oxygen atoms in total. The minimum absolute atomic E-state index is 0.844. The molecule has 4 heteroatoms. The second-order valence-corrected chi connectivity index (χ2v) is 4.74. The van der Waals surface area contributed by atoms with Crippen molar-refractivity contribution >= 4 is 0 Å². The number of likely N-dealkylation sites (tertiary alicyclic amines) is 1. The molecule has 90 valence electrons. The van der Waals surface area contributed by atoms with E-state index in [1.807, 2.05) is 6.20 Å². The highest BCUT2D eigenvalue weighted by molar-refractivity contribution is 4.85. The quantitative estimate of drug-likeness (QED) is 0.737. The summed E-state index contributed by atoms with van der Waals surface area (Å²) in [7, 11) is 0. The molecule has 1 saturated heterocycles. The zero-order valence-corrected chi connectivity index (χ0v) is 10.1. The molecule has 16 heavy (non-hydrogen) atoms. The van der Waals surface area contributed by atoms with Crippen LogP contribution in [0.5, 0.6) is 0 Å². The topological polar surface area (TPSA) is 44.0 Å². The molecular formula is C12H22N4. The SMILES string of the molecule is CC1CCN(CCNCc2ncc[nH]2)CC1. The molecule has 0 aromatic carbocycles. The summed E-state index contributed by atoms with van der Waals surface area (Å²) in [5.74, 6) is 1.94. The van der Waals surface area contributed by atoms with Crippen LogP contribution >= 0.6 is 0 Å². The van der Waals surface area contributed by atoms with E-state index < -0.39 is 0 Å². The fourth-order valence-electron chi connectivity index (χ4n) is 2.12. The Morgan fingerprint density at radius 1 is 1.50 bits per heavy atom. The Morgan fingerprint density at radius 3 is 3.00 bits per heavy atom. The summed E-state index contributed by atoms with van der Waals surface area (Å²) in [5.41, 5.74) is 0. The molecule has 1 aliphatic rings. The van der Waals surface area contributed by atoms with Crippen molar-refractivity contribution in [1.29, 1.82) is 0 Å². The highest BCUT2D eigenvalue weighted by Crippen LogP contribution is 2.14. The van der Waals surface area contributed by atoms with Crippen LogP contribution in [-0.4, -0.2) is 41.0 Å². The van der Waals surface area contributed by atoms with Gasteiger partial charge in [0.25, 0.3) is 0 Å². The van der Waals surface area contributed by atoms with Gasteiger partial charge in [0.05, 0.1) is 6.54 Å². The molecule has 0 aliphatic carbocycles. The number of rotatable bonds is 5. The standard InChI is InChI=1S/C12H22N4/c1-11-2-7-16(8-3-11)9-6-13-10-12-14-4-5-15-12/h4-5,11,13H,2-3,6-10H2,1H3,(H,14,15). The van der Waals surface area contributed by atoms with Crippen LogP contribution in [-0.2, 0) is 6.54 Å². The third-order valence-corrected chi connectivity index (χ3v) is 3.33. The average Bonchev–Trinajstić information content (AvgIpc) is 2.80. The van der Waals surface area contributed by atoms with E-state index in [1.54, 1.807) is 6.20 Å². The zero-order valence-electron chi connectivity index (χ0n) is 10.1. The number of piperidine rings is 1. The Bertz CT molecular complexity index is 275. The minimum atomic E-state index is 0.844. The lowest BCUT2D eigenvalue weighted by Crippen LogP contribution is -2.37. The maximum absolute atomic E-state index is 4.18. The monoisotopic (exact) mass is 222 g/mol. The summed E-state index contributed by atoms with van der Waals surface area (Å²) in [6.07, 6.45) is 6.38. The smallest absolute Gasteiger partial charge is 0.120 e. The van der Waals surface area contributed by atoms with Crippen molar-refractivity contribution < 1.29 is 0 Å². The van der Waals surface area contributed by atoms with Crippen molar-refractivity contribution in [2.45, 2.75) is 26.3 Å². The highest BCUT2D eigenvalue weighted by Gasteiger charge is 2.14. The summed E-state index contributed by atoms with van der Waals surface area (Å²) in [6.45, 7) is 7.94. The second-order valence-electron chi connectivity index (χ2n) is 4.74. The van der Waals surface area contributed by atoms with Gasteiger partial charge in [0.15, 0.2) is 0 Å². The molecule has 0 atom stereocenters. The van der Waals surface area contributed by atoms with Crippen molar-refractivity contribution in [2.75, 3.05) is 26.2 Å². The average molecular weight is 222 g/mol. The summed E-state index contributed by atoms with van der Waals surface area (Å²) in [5, 5.41) is 3.41. The van der Waals surface area contributed by atoms with Crippen molar-refractivity contribution in [2.24, 2.45) is 5.92 Å². The van der Waals surface area contributed by atoms with Crippen LogP contribution < -0.4 is 5.32 Å². The third kappa shape index (κ3) is 3.61. The number of hydrogen-bond donors (Lipinski definition) is 2. The van der Waals surface area contributed by atoms with Gasteiger partial charge in [-0.1, -0.05) is 6.92 Å². The highest BCUT2D eigenvalue weighted by atomic mass is 15.1. The predicted molar refractivity (Wildman–Crippen MR) is 65.1 cm³/mol. The third-order valence-electron chi connectivity index (χ3n) is 3.33. The molecule has 0 unspecified atom stereocenters. The lowest BCUT2D eigenvalue weighted by molar-refractivity contribution is 0.193. The number of aromatic amines is 1. The number of hydrogen-bond acceptors (Lipinski definition) is 3. The van der Waals surface area contributed by atoms with Crippen LogP contribution in [0.4, 0.5) is 0 Å². The van der Waals surface area contributed by atoms with E-state index in [0.717, 1.165) is 31.4 Å². The van der Waals surface area contributed by atoms with Crippen LogP contribution in [0.15, 0.2) is 12.4 Å². The first-order valence-electron chi connectivity index (χ1n) is 6.26. The van der Waals surface area contributed by atoms with Gasteiger partial charge in [-0.3, -0.25) is 0 Å². The van der Waals surface area contributed by atoms with E-state index in [0.29, 0.717) is 0 Å². The molecular weight excluding hydrogens is 200 g/mol. The number of imidazole rings is 1. The molecule has 0 spiro atoms. The Balaban J connectivity index is 1.55. The number of nitrogens with one attached hydrogen (secondary N) is 2. The van der Waals surface area contributed by atoms with Crippen LogP contribution in [0.25, 0.3) is 0 Å². The Hall–Kier alpha value is -0.870. The van der Waals surface area contributed by atoms with Crippen LogP contribution in [0.2, 0.25) is 0 Å². The molecule has 2 heterocycles. The molecule has 0 amide bonds. The first-order valence-corrected chi connectivity index (χ1v) is 6.26. The van der Waals surface area contributed by atoms with Gasteiger partial charge in [-0.25, -0.2) is 4.98 Å². The molecule has 1 aromatic rings. The number of aromatic nitrogens is 2. The normalized spacial score (nSPS) is 19.1. The van der Waals surface area contributed by atoms with Gasteiger partial charge in [-0.2, -0.15) is 0 Å². The fraction of sp³-hybridized carbons (Fsp3) is 0.750. The van der Waals surface area contributed by atoms with Crippen LogP contribution in [0, 0.1) is 5.92 Å². The van der Waals surface area contributed by atoms with Crippen molar-refractivity contribution in [3.05, 3.63) is 18.2 Å². The van der Waals surface area contributed by atoms with Gasteiger partial charge < -0.3 is 15.2 Å². The minimum Gasteiger partial charge on any atom is -0.348 e. The number of nitrogens with zero attached hydrogens (tertiary/aromatic N) is 2. The lowest BCUT2D eigenvalue weighted by atomic mass is 9.99. The Kier molecular flexibility index (Phi) is 4.36. The predicted octanol–water partition coefficient (Wildman–Crippen LogP) is 1.23. The molecule has 2 N–H and O–H groups in total. The summed E-state index contributed by atoms with van der Waals surface area (Å²) in [4.78, 5) is 9.82. The lowest BCUT2D eigenvalue weighted by Gasteiger charge is -2.30. The van der Waals surface area contributed by atoms with E-state index in [-0.39, 0.29) is 0 Å².